The van der Waals surface area contributed by atoms with Gasteiger partial charge in [-0.1, -0.05) is 17.7 Å². The van der Waals surface area contributed by atoms with Crippen LogP contribution in [0, 0.1) is 6.92 Å². The monoisotopic (exact) mass is 417 g/mol. The Labute approximate surface area is 172 Å². The van der Waals surface area contributed by atoms with E-state index in [4.69, 9.17) is 4.74 Å². The number of ether oxygens (including phenoxy) is 1. The zero-order chi connectivity index (χ0) is 21.0. The Kier molecular flexibility index (Phi) is 6.44. The molecule has 0 aromatic heterocycles. The van der Waals surface area contributed by atoms with E-state index in [1.54, 1.807) is 19.1 Å². The van der Waals surface area contributed by atoms with E-state index in [-0.39, 0.29) is 0 Å². The van der Waals surface area contributed by atoms with Crippen LogP contribution >= 0.6 is 0 Å². The van der Waals surface area contributed by atoms with Crippen LogP contribution in [0.2, 0.25) is 0 Å². The smallest absolute Gasteiger partial charge is 0.247 e. The summed E-state index contributed by atoms with van der Waals surface area (Å²) in [7, 11) is -3.63. The molecule has 29 heavy (non-hydrogen) atoms. The molecule has 156 valence electrons. The van der Waals surface area contributed by atoms with Crippen LogP contribution in [0.25, 0.3) is 0 Å². The number of nitrogens with zero attached hydrogens (tertiary/aromatic N) is 2. The molecule has 1 aliphatic rings. The molecule has 0 spiro atoms. The molecule has 7 nitrogen and oxygen atoms in total. The van der Waals surface area contributed by atoms with Crippen LogP contribution in [-0.4, -0.2) is 52.9 Å². The number of morpholine rings is 1. The van der Waals surface area contributed by atoms with Crippen molar-refractivity contribution >= 4 is 33.0 Å². The predicted octanol–water partition coefficient (Wildman–Crippen LogP) is 2.62. The van der Waals surface area contributed by atoms with E-state index in [0.29, 0.717) is 24.6 Å². The first kappa shape index (κ1) is 21.1. The van der Waals surface area contributed by atoms with E-state index in [1.807, 2.05) is 43.3 Å². The van der Waals surface area contributed by atoms with Gasteiger partial charge < -0.3 is 15.0 Å². The van der Waals surface area contributed by atoms with Crippen molar-refractivity contribution in [1.29, 1.82) is 0 Å². The molecule has 3 rings (SSSR count). The summed E-state index contributed by atoms with van der Waals surface area (Å²) in [5, 5.41) is 2.82. The Bertz CT molecular complexity index is 937. The summed E-state index contributed by atoms with van der Waals surface area (Å²) in [6.45, 7) is 6.58. The van der Waals surface area contributed by atoms with Gasteiger partial charge in [-0.2, -0.15) is 0 Å². The van der Waals surface area contributed by atoms with Gasteiger partial charge in [-0.05, 0) is 50.2 Å². The third-order valence-corrected chi connectivity index (χ3v) is 6.13. The average Bonchev–Trinajstić information content (AvgIpc) is 2.70. The van der Waals surface area contributed by atoms with Crippen molar-refractivity contribution in [3.63, 3.8) is 0 Å². The van der Waals surface area contributed by atoms with Gasteiger partial charge in [0.15, 0.2) is 0 Å². The van der Waals surface area contributed by atoms with Crippen LogP contribution < -0.4 is 14.5 Å². The first-order valence-electron chi connectivity index (χ1n) is 9.55. The molecule has 0 saturated carbocycles. The lowest BCUT2D eigenvalue weighted by Crippen LogP contribution is -2.45. The van der Waals surface area contributed by atoms with Gasteiger partial charge in [0.2, 0.25) is 15.9 Å². The number of carbonyl (C=O) groups excluding carboxylic acids is 1. The number of hydrogen-bond donors (Lipinski definition) is 1. The molecule has 8 heteroatoms. The van der Waals surface area contributed by atoms with E-state index in [9.17, 15) is 13.2 Å². The van der Waals surface area contributed by atoms with Gasteiger partial charge in [0.1, 0.15) is 6.04 Å². The Balaban J connectivity index is 1.73. The van der Waals surface area contributed by atoms with E-state index in [0.717, 1.165) is 34.9 Å². The molecule has 1 atom stereocenters. The van der Waals surface area contributed by atoms with Crippen LogP contribution in [0.15, 0.2) is 48.5 Å². The number of aryl methyl sites for hydroxylation is 1. The number of benzene rings is 2. The van der Waals surface area contributed by atoms with Gasteiger partial charge in [-0.15, -0.1) is 0 Å². The Hall–Kier alpha value is -2.58. The SMILES string of the molecule is Cc1ccc(N(C(C)C(=O)Nc2ccc(N3CCOCC3)cc2)S(C)(=O)=O)cc1. The number of hydrogen-bond acceptors (Lipinski definition) is 5. The maximum Gasteiger partial charge on any atom is 0.247 e. The standard InChI is InChI=1S/C21H27N3O4S/c1-16-4-8-20(9-5-16)24(29(3,26)27)17(2)21(25)22-18-6-10-19(11-7-18)23-12-14-28-15-13-23/h4-11,17H,12-15H2,1-3H3,(H,22,25). The fraction of sp³-hybridized carbons (Fsp3) is 0.381. The first-order valence-corrected chi connectivity index (χ1v) is 11.4. The third-order valence-electron chi connectivity index (χ3n) is 4.89. The summed E-state index contributed by atoms with van der Waals surface area (Å²) in [6.07, 6.45) is 1.10. The summed E-state index contributed by atoms with van der Waals surface area (Å²) >= 11 is 0. The summed E-state index contributed by atoms with van der Waals surface area (Å²) in [5.41, 5.74) is 3.16. The number of nitrogens with one attached hydrogen (secondary N) is 1. The molecule has 1 fully saturated rings. The summed E-state index contributed by atoms with van der Waals surface area (Å²) < 4.78 is 31.2. The molecule has 0 bridgehead atoms. The van der Waals surface area contributed by atoms with Crippen molar-refractivity contribution in [1.82, 2.24) is 0 Å². The Morgan fingerprint density at radius 1 is 1.07 bits per heavy atom. The molecule has 1 heterocycles. The van der Waals surface area contributed by atoms with E-state index in [1.165, 1.54) is 0 Å². The minimum atomic E-state index is -3.63. The predicted molar refractivity (Wildman–Crippen MR) is 116 cm³/mol. The number of rotatable bonds is 6. The quantitative estimate of drug-likeness (QED) is 0.782. The molecule has 1 unspecified atom stereocenters. The maximum absolute atomic E-state index is 12.8. The molecule has 0 aliphatic carbocycles. The number of amides is 1. The molecule has 1 N–H and O–H groups in total. The van der Waals surface area contributed by atoms with Crippen LogP contribution in [0.1, 0.15) is 12.5 Å². The summed E-state index contributed by atoms with van der Waals surface area (Å²) in [4.78, 5) is 15.0. The van der Waals surface area contributed by atoms with Crippen molar-refractivity contribution in [2.24, 2.45) is 0 Å². The minimum Gasteiger partial charge on any atom is -0.378 e. The average molecular weight is 418 g/mol. The Morgan fingerprint density at radius 3 is 2.21 bits per heavy atom. The molecule has 2 aromatic rings. The second-order valence-electron chi connectivity index (χ2n) is 7.21. The first-order chi connectivity index (χ1) is 13.8. The zero-order valence-electron chi connectivity index (χ0n) is 17.0. The molecular weight excluding hydrogens is 390 g/mol. The van der Waals surface area contributed by atoms with Crippen molar-refractivity contribution in [3.05, 3.63) is 54.1 Å². The van der Waals surface area contributed by atoms with Gasteiger partial charge in [0.25, 0.3) is 0 Å². The largest absolute Gasteiger partial charge is 0.378 e. The summed E-state index contributed by atoms with van der Waals surface area (Å²) in [6, 6.07) is 13.7. The second kappa shape index (κ2) is 8.84. The lowest BCUT2D eigenvalue weighted by atomic mass is 10.2. The van der Waals surface area contributed by atoms with Crippen LogP contribution in [-0.2, 0) is 19.6 Å². The van der Waals surface area contributed by atoms with Gasteiger partial charge in [-0.25, -0.2) is 8.42 Å². The lowest BCUT2D eigenvalue weighted by molar-refractivity contribution is -0.116. The fourth-order valence-corrected chi connectivity index (χ4v) is 4.50. The number of anilines is 3. The lowest BCUT2D eigenvalue weighted by Gasteiger charge is -2.29. The normalized spacial score (nSPS) is 15.6. The van der Waals surface area contributed by atoms with Crippen molar-refractivity contribution in [2.75, 3.05) is 47.1 Å². The van der Waals surface area contributed by atoms with Gasteiger partial charge >= 0.3 is 0 Å². The van der Waals surface area contributed by atoms with Crippen LogP contribution in [0.5, 0.6) is 0 Å². The number of sulfonamides is 1. The minimum absolute atomic E-state index is 0.393. The Morgan fingerprint density at radius 2 is 1.66 bits per heavy atom. The van der Waals surface area contributed by atoms with Crippen molar-refractivity contribution in [2.45, 2.75) is 19.9 Å². The van der Waals surface area contributed by atoms with Crippen LogP contribution in [0.3, 0.4) is 0 Å². The van der Waals surface area contributed by atoms with Crippen molar-refractivity contribution in [3.8, 4) is 0 Å². The molecule has 1 amide bonds. The van der Waals surface area contributed by atoms with Gasteiger partial charge in [0.05, 0.1) is 25.2 Å². The highest BCUT2D eigenvalue weighted by Crippen LogP contribution is 2.23. The summed E-state index contributed by atoms with van der Waals surface area (Å²) in [5.74, 6) is -0.393. The maximum atomic E-state index is 12.8. The van der Waals surface area contributed by atoms with Crippen LogP contribution in [0.4, 0.5) is 17.1 Å². The number of carbonyl (C=O) groups is 1. The van der Waals surface area contributed by atoms with E-state index in [2.05, 4.69) is 10.2 Å². The van der Waals surface area contributed by atoms with Gasteiger partial charge in [0, 0.05) is 24.5 Å². The van der Waals surface area contributed by atoms with E-state index < -0.39 is 22.0 Å². The molecule has 0 radical (unpaired) electrons. The highest BCUT2D eigenvalue weighted by atomic mass is 32.2. The molecular formula is C21H27N3O4S. The van der Waals surface area contributed by atoms with E-state index >= 15 is 0 Å². The van der Waals surface area contributed by atoms with Crippen molar-refractivity contribution < 1.29 is 17.9 Å². The van der Waals surface area contributed by atoms with Gasteiger partial charge in [-0.3, -0.25) is 9.10 Å². The third kappa shape index (κ3) is 5.27. The second-order valence-corrected chi connectivity index (χ2v) is 9.07. The molecule has 1 aliphatic heterocycles. The highest BCUT2D eigenvalue weighted by molar-refractivity contribution is 7.92. The highest BCUT2D eigenvalue weighted by Gasteiger charge is 2.29. The molecule has 2 aromatic carbocycles. The zero-order valence-corrected chi connectivity index (χ0v) is 17.8. The molecule has 1 saturated heterocycles. The topological polar surface area (TPSA) is 79.0 Å². The fourth-order valence-electron chi connectivity index (χ4n) is 3.32.